The summed E-state index contributed by atoms with van der Waals surface area (Å²) in [6.45, 7) is 3.13. The third kappa shape index (κ3) is 5.80. The Hall–Kier alpha value is -2.91. The number of aromatic nitrogens is 2. The Balaban J connectivity index is 1.72. The van der Waals surface area contributed by atoms with Gasteiger partial charge in [-0.25, -0.2) is 9.97 Å². The lowest BCUT2D eigenvalue weighted by molar-refractivity contribution is -0.142. The number of halogens is 1. The molecule has 0 spiro atoms. The average molecular weight is 475 g/mol. The van der Waals surface area contributed by atoms with Gasteiger partial charge in [0, 0.05) is 28.2 Å². The van der Waals surface area contributed by atoms with Crippen LogP contribution >= 0.6 is 15.9 Å². The van der Waals surface area contributed by atoms with Crippen LogP contribution in [-0.2, 0) is 9.53 Å². The van der Waals surface area contributed by atoms with E-state index < -0.39 is 0 Å². The second-order valence-electron chi connectivity index (χ2n) is 6.21. The van der Waals surface area contributed by atoms with Crippen molar-refractivity contribution in [1.29, 1.82) is 0 Å². The zero-order chi connectivity index (χ0) is 21.3. The lowest BCUT2D eigenvalue weighted by Gasteiger charge is -2.14. The molecule has 1 aromatic heterocycles. The van der Waals surface area contributed by atoms with Crippen molar-refractivity contribution in [1.82, 2.24) is 15.3 Å². The molecule has 9 heteroatoms. The summed E-state index contributed by atoms with van der Waals surface area (Å²) in [7, 11) is 1.58. The minimum absolute atomic E-state index is 0.143. The number of hydrogen-bond donors (Lipinski definition) is 2. The van der Waals surface area contributed by atoms with E-state index in [1.165, 1.54) is 6.33 Å². The molecule has 0 fully saturated rings. The normalized spacial score (nSPS) is 10.6. The first-order chi connectivity index (χ1) is 14.6. The number of carbonyl (C=O) groups excluding carboxylic acids is 1. The molecule has 0 radical (unpaired) electrons. The second kappa shape index (κ2) is 10.7. The summed E-state index contributed by atoms with van der Waals surface area (Å²) < 4.78 is 17.2. The number of nitrogens with one attached hydrogen (secondary N) is 2. The highest BCUT2D eigenvalue weighted by molar-refractivity contribution is 9.10. The van der Waals surface area contributed by atoms with Crippen molar-refractivity contribution in [3.05, 3.63) is 47.2 Å². The maximum atomic E-state index is 11.3. The van der Waals surface area contributed by atoms with Gasteiger partial charge in [0.1, 0.15) is 18.8 Å². The molecular weight excluding hydrogens is 452 g/mol. The number of methoxy groups -OCH3 is 1. The summed E-state index contributed by atoms with van der Waals surface area (Å²) in [6, 6.07) is 11.5. The van der Waals surface area contributed by atoms with Gasteiger partial charge in [-0.15, -0.1) is 0 Å². The van der Waals surface area contributed by atoms with Gasteiger partial charge in [-0.05, 0) is 31.2 Å². The number of fused-ring (bicyclic) bond motifs is 1. The summed E-state index contributed by atoms with van der Waals surface area (Å²) in [5, 5.41) is 7.09. The third-order valence-corrected chi connectivity index (χ3v) is 4.61. The van der Waals surface area contributed by atoms with E-state index in [4.69, 9.17) is 14.2 Å². The minimum atomic E-state index is -0.289. The molecule has 3 rings (SSSR count). The lowest BCUT2D eigenvalue weighted by Crippen LogP contribution is -2.28. The smallest absolute Gasteiger partial charge is 0.319 e. The number of hydrogen-bond acceptors (Lipinski definition) is 8. The average Bonchev–Trinajstić information content (AvgIpc) is 2.73. The fourth-order valence-corrected chi connectivity index (χ4v) is 3.17. The SMILES string of the molecule is CCOC(=O)CNCCOc1cc2ncnc(Nc3cccc(Br)c3)c2cc1OC. The van der Waals surface area contributed by atoms with Gasteiger partial charge < -0.3 is 24.8 Å². The Morgan fingerprint density at radius 3 is 2.80 bits per heavy atom. The van der Waals surface area contributed by atoms with Crippen molar-refractivity contribution >= 4 is 44.3 Å². The first-order valence-electron chi connectivity index (χ1n) is 9.45. The monoisotopic (exact) mass is 474 g/mol. The Morgan fingerprint density at radius 2 is 2.03 bits per heavy atom. The van der Waals surface area contributed by atoms with Gasteiger partial charge in [0.25, 0.3) is 0 Å². The molecule has 0 aliphatic heterocycles. The fourth-order valence-electron chi connectivity index (χ4n) is 2.77. The van der Waals surface area contributed by atoms with Crippen LogP contribution in [0, 0.1) is 0 Å². The molecule has 0 saturated heterocycles. The summed E-state index contributed by atoms with van der Waals surface area (Å²) in [5.41, 5.74) is 1.62. The minimum Gasteiger partial charge on any atom is -0.493 e. The molecule has 2 aromatic carbocycles. The van der Waals surface area contributed by atoms with Crippen molar-refractivity contribution in [2.45, 2.75) is 6.92 Å². The Bertz CT molecular complexity index is 1020. The number of nitrogens with zero attached hydrogens (tertiary/aromatic N) is 2. The number of esters is 1. The number of benzene rings is 2. The van der Waals surface area contributed by atoms with Gasteiger partial charge in [-0.3, -0.25) is 4.79 Å². The lowest BCUT2D eigenvalue weighted by atomic mass is 10.2. The Kier molecular flexibility index (Phi) is 7.81. The van der Waals surface area contributed by atoms with Gasteiger partial charge in [0.15, 0.2) is 11.5 Å². The molecule has 3 aromatic rings. The van der Waals surface area contributed by atoms with Crippen molar-refractivity contribution in [3.8, 4) is 11.5 Å². The fraction of sp³-hybridized carbons (Fsp3) is 0.286. The van der Waals surface area contributed by atoms with E-state index in [9.17, 15) is 4.79 Å². The van der Waals surface area contributed by atoms with Gasteiger partial charge >= 0.3 is 5.97 Å². The Labute approximate surface area is 183 Å². The second-order valence-corrected chi connectivity index (χ2v) is 7.12. The first-order valence-corrected chi connectivity index (χ1v) is 10.2. The van der Waals surface area contributed by atoms with Crippen molar-refractivity contribution in [2.75, 3.05) is 38.7 Å². The zero-order valence-electron chi connectivity index (χ0n) is 16.8. The van der Waals surface area contributed by atoms with Gasteiger partial charge in [0.2, 0.25) is 0 Å². The number of rotatable bonds is 10. The van der Waals surface area contributed by atoms with Gasteiger partial charge in [-0.1, -0.05) is 22.0 Å². The zero-order valence-corrected chi connectivity index (χ0v) is 18.4. The molecule has 0 bridgehead atoms. The van der Waals surface area contributed by atoms with E-state index in [-0.39, 0.29) is 12.5 Å². The largest absolute Gasteiger partial charge is 0.493 e. The van der Waals surface area contributed by atoms with E-state index in [0.717, 1.165) is 21.1 Å². The molecule has 0 saturated carbocycles. The standard InChI is InChI=1S/C21H23BrN4O4/c1-3-29-20(27)12-23-7-8-30-19-11-17-16(10-18(19)28-2)21(25-13-24-17)26-15-6-4-5-14(22)9-15/h4-6,9-11,13,23H,3,7-8,12H2,1-2H3,(H,24,25,26). The molecule has 0 unspecified atom stereocenters. The van der Waals surface area contributed by atoms with E-state index in [1.807, 2.05) is 36.4 Å². The highest BCUT2D eigenvalue weighted by atomic mass is 79.9. The summed E-state index contributed by atoms with van der Waals surface area (Å²) in [5.74, 6) is 1.51. The summed E-state index contributed by atoms with van der Waals surface area (Å²) in [4.78, 5) is 20.1. The van der Waals surface area contributed by atoms with Crippen LogP contribution in [0.4, 0.5) is 11.5 Å². The predicted molar refractivity (Wildman–Crippen MR) is 119 cm³/mol. The van der Waals surface area contributed by atoms with Crippen LogP contribution in [0.3, 0.4) is 0 Å². The van der Waals surface area contributed by atoms with E-state index in [2.05, 4.69) is 36.5 Å². The topological polar surface area (TPSA) is 94.6 Å². The molecule has 30 heavy (non-hydrogen) atoms. The van der Waals surface area contributed by atoms with Crippen molar-refractivity contribution in [3.63, 3.8) is 0 Å². The van der Waals surface area contributed by atoms with Crippen LogP contribution in [0.1, 0.15) is 6.92 Å². The summed E-state index contributed by atoms with van der Waals surface area (Å²) in [6.07, 6.45) is 1.50. The molecular formula is C21H23BrN4O4. The molecule has 0 atom stereocenters. The van der Waals surface area contributed by atoms with E-state index >= 15 is 0 Å². The first kappa shape index (κ1) is 21.8. The highest BCUT2D eigenvalue weighted by Gasteiger charge is 2.12. The van der Waals surface area contributed by atoms with Gasteiger partial charge in [-0.2, -0.15) is 0 Å². The van der Waals surface area contributed by atoms with Crippen molar-refractivity contribution in [2.24, 2.45) is 0 Å². The molecule has 0 aliphatic rings. The summed E-state index contributed by atoms with van der Waals surface area (Å²) >= 11 is 3.47. The molecule has 158 valence electrons. The molecule has 1 heterocycles. The Morgan fingerprint density at radius 1 is 1.17 bits per heavy atom. The molecule has 8 nitrogen and oxygen atoms in total. The van der Waals surface area contributed by atoms with Crippen LogP contribution in [0.2, 0.25) is 0 Å². The molecule has 0 aliphatic carbocycles. The number of ether oxygens (including phenoxy) is 3. The van der Waals surface area contributed by atoms with E-state index in [0.29, 0.717) is 37.1 Å². The number of carbonyl (C=O) groups is 1. The van der Waals surface area contributed by atoms with E-state index in [1.54, 1.807) is 14.0 Å². The third-order valence-electron chi connectivity index (χ3n) is 4.12. The van der Waals surface area contributed by atoms with Gasteiger partial charge in [0.05, 0.1) is 25.8 Å². The highest BCUT2D eigenvalue weighted by Crippen LogP contribution is 2.34. The maximum Gasteiger partial charge on any atom is 0.319 e. The quantitative estimate of drug-likeness (QED) is 0.339. The van der Waals surface area contributed by atoms with Crippen LogP contribution in [0.5, 0.6) is 11.5 Å². The van der Waals surface area contributed by atoms with Crippen molar-refractivity contribution < 1.29 is 19.0 Å². The van der Waals surface area contributed by atoms with Crippen LogP contribution in [-0.4, -0.2) is 49.4 Å². The molecule has 0 amide bonds. The molecule has 2 N–H and O–H groups in total. The maximum absolute atomic E-state index is 11.3. The van der Waals surface area contributed by atoms with Crippen LogP contribution < -0.4 is 20.1 Å². The van der Waals surface area contributed by atoms with Crippen LogP contribution in [0.25, 0.3) is 10.9 Å². The predicted octanol–water partition coefficient (Wildman–Crippen LogP) is 3.68. The number of anilines is 2. The van der Waals surface area contributed by atoms with Crippen LogP contribution in [0.15, 0.2) is 47.2 Å².